The molecule has 0 spiro atoms. The highest BCUT2D eigenvalue weighted by Gasteiger charge is 2.49. The fraction of sp³-hybridized carbons (Fsp3) is 0.515. The Hall–Kier alpha value is -3.41. The fourth-order valence-corrected chi connectivity index (χ4v) is 8.24. The van der Waals surface area contributed by atoms with Crippen molar-refractivity contribution in [3.63, 3.8) is 0 Å². The summed E-state index contributed by atoms with van der Waals surface area (Å²) in [4.78, 5) is 17.3. The second-order valence-corrected chi connectivity index (χ2v) is 12.7. The summed E-state index contributed by atoms with van der Waals surface area (Å²) >= 11 is 0. The number of aromatic nitrogens is 2. The van der Waals surface area contributed by atoms with Crippen molar-refractivity contribution in [3.8, 4) is 18.4 Å². The molecule has 3 aromatic rings. The van der Waals surface area contributed by atoms with Crippen LogP contribution in [0.4, 0.5) is 15.9 Å². The molecule has 4 atom stereocenters. The minimum absolute atomic E-state index is 0.229. The molecule has 6 heterocycles. The average Bonchev–Trinajstić information content (AvgIpc) is 3.64. The van der Waals surface area contributed by atoms with Gasteiger partial charge in [-0.2, -0.15) is 9.97 Å². The summed E-state index contributed by atoms with van der Waals surface area (Å²) in [6.07, 6.45) is 11.0. The van der Waals surface area contributed by atoms with Crippen molar-refractivity contribution < 1.29 is 9.13 Å². The molecule has 8 heteroatoms. The number of nitrogens with one attached hydrogen (secondary N) is 1. The van der Waals surface area contributed by atoms with Gasteiger partial charge in [0.1, 0.15) is 18.6 Å². The Kier molecular flexibility index (Phi) is 6.08. The molecule has 212 valence electrons. The van der Waals surface area contributed by atoms with E-state index in [0.717, 1.165) is 79.0 Å². The summed E-state index contributed by atoms with van der Waals surface area (Å²) in [6.45, 7) is 5.36. The van der Waals surface area contributed by atoms with Gasteiger partial charge in [-0.1, -0.05) is 30.2 Å². The van der Waals surface area contributed by atoms with Crippen LogP contribution in [0.1, 0.15) is 48.9 Å². The molecule has 5 aliphatic heterocycles. The van der Waals surface area contributed by atoms with Crippen LogP contribution in [0, 0.1) is 12.3 Å². The standard InChI is InChI=1S/C33H37FN6O/c1-2-22-6-3-7-23-8-4-9-29(30(22)23)38-15-12-27-28(20-38)36-32(37-31(27)39-18-25-10-11-26(19-39)35-25)41-21-33-13-5-14-40(33)17-24(34)16-33/h1,3-4,6-9,24-26,35H,5,10-21H2/t24-,25?,26?,33+/m1/s1. The number of fused-ring (bicyclic) bond motifs is 5. The van der Waals surface area contributed by atoms with Crippen LogP contribution < -0.4 is 19.9 Å². The van der Waals surface area contributed by atoms with E-state index in [0.29, 0.717) is 44.2 Å². The topological polar surface area (TPSA) is 56.8 Å². The molecule has 8 rings (SSSR count). The average molecular weight is 553 g/mol. The first kappa shape index (κ1) is 25.3. The van der Waals surface area contributed by atoms with E-state index in [-0.39, 0.29) is 5.54 Å². The van der Waals surface area contributed by atoms with Gasteiger partial charge in [0.15, 0.2) is 0 Å². The highest BCUT2D eigenvalue weighted by Crippen LogP contribution is 2.41. The number of nitrogens with zero attached hydrogens (tertiary/aromatic N) is 5. The Balaban J connectivity index is 1.15. The summed E-state index contributed by atoms with van der Waals surface area (Å²) in [6, 6.07) is 14.0. The lowest BCUT2D eigenvalue weighted by Crippen LogP contribution is -2.52. The van der Waals surface area contributed by atoms with Crippen LogP contribution in [0.3, 0.4) is 0 Å². The molecule has 4 saturated heterocycles. The zero-order chi connectivity index (χ0) is 27.6. The first-order valence-corrected chi connectivity index (χ1v) is 15.2. The van der Waals surface area contributed by atoms with Crippen LogP contribution in [0.2, 0.25) is 0 Å². The number of ether oxygens (including phenoxy) is 1. The monoisotopic (exact) mass is 552 g/mol. The van der Waals surface area contributed by atoms with E-state index in [9.17, 15) is 4.39 Å². The third-order valence-corrected chi connectivity index (χ3v) is 10.1. The molecule has 2 aromatic carbocycles. The second kappa shape index (κ2) is 9.85. The third-order valence-electron chi connectivity index (χ3n) is 10.1. The molecule has 0 saturated carbocycles. The third kappa shape index (κ3) is 4.33. The predicted octanol–water partition coefficient (Wildman–Crippen LogP) is 4.07. The maximum atomic E-state index is 14.4. The van der Waals surface area contributed by atoms with Gasteiger partial charge in [-0.05, 0) is 56.2 Å². The molecule has 2 unspecified atom stereocenters. The number of anilines is 2. The van der Waals surface area contributed by atoms with Gasteiger partial charge in [0.2, 0.25) is 0 Å². The number of hydrogen-bond acceptors (Lipinski definition) is 7. The van der Waals surface area contributed by atoms with Crippen LogP contribution in [0.5, 0.6) is 6.01 Å². The predicted molar refractivity (Wildman–Crippen MR) is 159 cm³/mol. The van der Waals surface area contributed by atoms with Gasteiger partial charge in [0.25, 0.3) is 0 Å². The Morgan fingerprint density at radius 3 is 2.71 bits per heavy atom. The first-order valence-electron chi connectivity index (χ1n) is 15.2. The molecule has 0 amide bonds. The highest BCUT2D eigenvalue weighted by molar-refractivity contribution is 5.98. The van der Waals surface area contributed by atoms with Crippen LogP contribution >= 0.6 is 0 Å². The maximum Gasteiger partial charge on any atom is 0.318 e. The fourth-order valence-electron chi connectivity index (χ4n) is 8.24. The van der Waals surface area contributed by atoms with Crippen LogP contribution in [0.25, 0.3) is 10.8 Å². The molecule has 2 bridgehead atoms. The van der Waals surface area contributed by atoms with E-state index in [1.807, 2.05) is 12.1 Å². The minimum Gasteiger partial charge on any atom is -0.461 e. The normalized spacial score (nSPS) is 29.0. The van der Waals surface area contributed by atoms with E-state index >= 15 is 0 Å². The summed E-state index contributed by atoms with van der Waals surface area (Å²) in [5, 5.41) is 6.02. The van der Waals surface area contributed by atoms with E-state index < -0.39 is 6.17 Å². The van der Waals surface area contributed by atoms with Crippen molar-refractivity contribution in [2.24, 2.45) is 0 Å². The number of alkyl halides is 1. The summed E-state index contributed by atoms with van der Waals surface area (Å²) in [7, 11) is 0. The van der Waals surface area contributed by atoms with Crippen molar-refractivity contribution in [2.75, 3.05) is 49.1 Å². The largest absolute Gasteiger partial charge is 0.461 e. The number of hydrogen-bond donors (Lipinski definition) is 1. The lowest BCUT2D eigenvalue weighted by Gasteiger charge is -2.38. The van der Waals surface area contributed by atoms with Gasteiger partial charge < -0.3 is 19.9 Å². The molecular formula is C33H37FN6O. The van der Waals surface area contributed by atoms with Crippen LogP contribution in [0.15, 0.2) is 36.4 Å². The quantitative estimate of drug-likeness (QED) is 0.479. The Morgan fingerprint density at radius 1 is 1.05 bits per heavy atom. The number of benzene rings is 2. The molecule has 0 aliphatic carbocycles. The molecule has 41 heavy (non-hydrogen) atoms. The number of terminal acetylenes is 1. The van der Waals surface area contributed by atoms with E-state index in [1.54, 1.807) is 0 Å². The molecule has 4 fully saturated rings. The SMILES string of the molecule is C#Cc1cccc2cccc(N3CCc4c(nc(OC[C@@]56CCCN5C[C@H](F)C6)nc4N4CC5CCC(C4)N5)C3)c12. The number of rotatable bonds is 5. The summed E-state index contributed by atoms with van der Waals surface area (Å²) < 4.78 is 20.9. The van der Waals surface area contributed by atoms with Crippen molar-refractivity contribution in [3.05, 3.63) is 53.2 Å². The van der Waals surface area contributed by atoms with Crippen molar-refractivity contribution in [1.82, 2.24) is 20.2 Å². The molecular weight excluding hydrogens is 515 g/mol. The Bertz CT molecular complexity index is 1520. The minimum atomic E-state index is -0.780. The molecule has 0 radical (unpaired) electrons. The van der Waals surface area contributed by atoms with Gasteiger partial charge in [-0.15, -0.1) is 6.42 Å². The van der Waals surface area contributed by atoms with Crippen molar-refractivity contribution in [1.29, 1.82) is 0 Å². The van der Waals surface area contributed by atoms with Gasteiger partial charge in [0, 0.05) is 66.9 Å². The first-order chi connectivity index (χ1) is 20.1. The van der Waals surface area contributed by atoms with Crippen molar-refractivity contribution in [2.45, 2.75) is 68.9 Å². The second-order valence-electron chi connectivity index (χ2n) is 12.7. The highest BCUT2D eigenvalue weighted by atomic mass is 19.1. The van der Waals surface area contributed by atoms with E-state index in [2.05, 4.69) is 50.2 Å². The molecule has 1 N–H and O–H groups in total. The maximum absolute atomic E-state index is 14.4. The smallest absolute Gasteiger partial charge is 0.318 e. The lowest BCUT2D eigenvalue weighted by atomic mass is 9.95. The Labute approximate surface area is 241 Å². The van der Waals surface area contributed by atoms with Gasteiger partial charge >= 0.3 is 6.01 Å². The number of piperazine rings is 1. The van der Waals surface area contributed by atoms with Crippen LogP contribution in [-0.4, -0.2) is 78.0 Å². The van der Waals surface area contributed by atoms with Gasteiger partial charge in [0.05, 0.1) is 17.8 Å². The van der Waals surface area contributed by atoms with E-state index in [1.165, 1.54) is 18.4 Å². The number of halogens is 1. The van der Waals surface area contributed by atoms with Crippen molar-refractivity contribution >= 4 is 22.3 Å². The summed E-state index contributed by atoms with van der Waals surface area (Å²) in [5.74, 6) is 3.92. The van der Waals surface area contributed by atoms with E-state index in [4.69, 9.17) is 21.1 Å². The zero-order valence-electron chi connectivity index (χ0n) is 23.5. The molecule has 7 nitrogen and oxygen atoms in total. The Morgan fingerprint density at radius 2 is 1.88 bits per heavy atom. The lowest BCUT2D eigenvalue weighted by molar-refractivity contribution is 0.107. The molecule has 1 aromatic heterocycles. The molecule has 5 aliphatic rings. The summed E-state index contributed by atoms with van der Waals surface area (Å²) in [5.41, 5.74) is 4.08. The van der Waals surface area contributed by atoms with Gasteiger partial charge in [-0.25, -0.2) is 4.39 Å². The van der Waals surface area contributed by atoms with Crippen LogP contribution in [-0.2, 0) is 13.0 Å². The van der Waals surface area contributed by atoms with Gasteiger partial charge in [-0.3, -0.25) is 4.90 Å². The zero-order valence-corrected chi connectivity index (χ0v) is 23.5.